The van der Waals surface area contributed by atoms with E-state index in [1.807, 2.05) is 6.07 Å². The second-order valence-corrected chi connectivity index (χ2v) is 7.88. The molecule has 0 N–H and O–H groups in total. The molecule has 4 fully saturated rings. The lowest BCUT2D eigenvalue weighted by molar-refractivity contribution is 0.0587. The number of morpholine rings is 1. The van der Waals surface area contributed by atoms with Crippen molar-refractivity contribution in [3.63, 3.8) is 0 Å². The summed E-state index contributed by atoms with van der Waals surface area (Å²) < 4.78 is 5.44. The summed E-state index contributed by atoms with van der Waals surface area (Å²) in [6.45, 7) is 8.58. The summed E-state index contributed by atoms with van der Waals surface area (Å²) in [5, 5.41) is 0. The van der Waals surface area contributed by atoms with Crippen LogP contribution in [0.1, 0.15) is 28.8 Å². The molecule has 0 spiro atoms. The number of fused-ring (bicyclic) bond motifs is 4. The molecule has 2 atom stereocenters. The molecule has 0 aliphatic carbocycles. The van der Waals surface area contributed by atoms with Crippen molar-refractivity contribution in [2.75, 3.05) is 57.9 Å². The molecule has 5 rings (SSSR count). The van der Waals surface area contributed by atoms with Crippen molar-refractivity contribution in [2.24, 2.45) is 5.92 Å². The highest BCUT2D eigenvalue weighted by molar-refractivity contribution is 5.95. The minimum atomic E-state index is 0.210. The van der Waals surface area contributed by atoms with Gasteiger partial charge in [-0.2, -0.15) is 0 Å². The van der Waals surface area contributed by atoms with Gasteiger partial charge in [-0.15, -0.1) is 0 Å². The fraction of sp³-hybridized carbons (Fsp3) is 0.650. The zero-order chi connectivity index (χ0) is 17.4. The molecule has 1 aromatic carbocycles. The highest BCUT2D eigenvalue weighted by Gasteiger charge is 2.36. The number of ether oxygens (including phenoxy) is 1. The van der Waals surface area contributed by atoms with Crippen molar-refractivity contribution >= 4 is 11.6 Å². The minimum Gasteiger partial charge on any atom is -0.378 e. The van der Waals surface area contributed by atoms with Crippen LogP contribution in [0.4, 0.5) is 5.69 Å². The first-order chi connectivity index (χ1) is 12.1. The van der Waals surface area contributed by atoms with Crippen LogP contribution >= 0.6 is 0 Å². The Morgan fingerprint density at radius 3 is 2.68 bits per heavy atom. The maximum atomic E-state index is 13.2. The molecule has 0 aromatic heterocycles. The first-order valence-electron chi connectivity index (χ1n) is 9.54. The number of amides is 1. The molecule has 5 nitrogen and oxygen atoms in total. The van der Waals surface area contributed by atoms with Crippen LogP contribution in [0.25, 0.3) is 0 Å². The van der Waals surface area contributed by atoms with Gasteiger partial charge in [0.1, 0.15) is 0 Å². The molecule has 1 aromatic rings. The standard InChI is InChI=1S/C20H29N3O2/c1-15-11-17(4-6-19(15)22-7-9-25-10-8-22)20(24)23-13-16-3-5-18(23)14-21(2)12-16/h4,6,11,16,18H,3,5,7-10,12-14H2,1-2H3/t16-,18+/m0/s1. The third kappa shape index (κ3) is 3.40. The number of anilines is 1. The van der Waals surface area contributed by atoms with E-state index in [2.05, 4.69) is 40.8 Å². The smallest absolute Gasteiger partial charge is 0.254 e. The molecule has 0 saturated carbocycles. The fourth-order valence-corrected chi connectivity index (χ4v) is 4.68. The van der Waals surface area contributed by atoms with Gasteiger partial charge >= 0.3 is 0 Å². The molecule has 4 aliphatic rings. The Balaban J connectivity index is 1.53. The van der Waals surface area contributed by atoms with Gasteiger partial charge in [-0.3, -0.25) is 4.79 Å². The van der Waals surface area contributed by atoms with Crippen LogP contribution < -0.4 is 4.90 Å². The van der Waals surface area contributed by atoms with E-state index in [0.717, 1.165) is 57.9 Å². The zero-order valence-electron chi connectivity index (χ0n) is 15.4. The second kappa shape index (κ2) is 6.96. The van der Waals surface area contributed by atoms with Gasteiger partial charge in [0, 0.05) is 50.0 Å². The summed E-state index contributed by atoms with van der Waals surface area (Å²) in [4.78, 5) is 20.1. The number of carbonyl (C=O) groups is 1. The minimum absolute atomic E-state index is 0.210. The van der Waals surface area contributed by atoms with Gasteiger partial charge in [0.15, 0.2) is 0 Å². The van der Waals surface area contributed by atoms with Crippen LogP contribution in [-0.4, -0.2) is 74.7 Å². The lowest BCUT2D eigenvalue weighted by atomic mass is 9.94. The predicted octanol–water partition coefficient (Wildman–Crippen LogP) is 2.00. The monoisotopic (exact) mass is 343 g/mol. The summed E-state index contributed by atoms with van der Waals surface area (Å²) in [5.74, 6) is 0.836. The topological polar surface area (TPSA) is 36.0 Å². The third-order valence-electron chi connectivity index (χ3n) is 5.95. The summed E-state index contributed by atoms with van der Waals surface area (Å²) in [7, 11) is 2.18. The summed E-state index contributed by atoms with van der Waals surface area (Å²) in [6, 6.07) is 6.59. The molecule has 136 valence electrons. The van der Waals surface area contributed by atoms with Gasteiger partial charge in [-0.25, -0.2) is 0 Å². The molecule has 2 bridgehead atoms. The van der Waals surface area contributed by atoms with Crippen LogP contribution in [0, 0.1) is 12.8 Å². The maximum Gasteiger partial charge on any atom is 0.254 e. The summed E-state index contributed by atoms with van der Waals surface area (Å²) >= 11 is 0. The molecule has 25 heavy (non-hydrogen) atoms. The Hall–Kier alpha value is -1.59. The fourth-order valence-electron chi connectivity index (χ4n) is 4.68. The van der Waals surface area contributed by atoms with E-state index in [1.54, 1.807) is 0 Å². The molecular weight excluding hydrogens is 314 g/mol. The van der Waals surface area contributed by atoms with Gasteiger partial charge < -0.3 is 19.4 Å². The lowest BCUT2D eigenvalue weighted by Gasteiger charge is -2.36. The number of nitrogens with zero attached hydrogens (tertiary/aromatic N) is 3. The first-order valence-corrected chi connectivity index (χ1v) is 9.54. The molecule has 4 aliphatic heterocycles. The zero-order valence-corrected chi connectivity index (χ0v) is 15.4. The van der Waals surface area contributed by atoms with Gasteiger partial charge in [0.2, 0.25) is 0 Å². The number of aryl methyl sites for hydroxylation is 1. The Labute approximate surface area is 150 Å². The van der Waals surface area contributed by atoms with E-state index in [0.29, 0.717) is 12.0 Å². The Morgan fingerprint density at radius 1 is 1.12 bits per heavy atom. The number of benzene rings is 1. The molecule has 1 amide bonds. The lowest BCUT2D eigenvalue weighted by Crippen LogP contribution is -2.47. The van der Waals surface area contributed by atoms with Crippen molar-refractivity contribution in [1.82, 2.24) is 9.80 Å². The maximum absolute atomic E-state index is 13.2. The quantitative estimate of drug-likeness (QED) is 0.823. The number of carbonyl (C=O) groups excluding carboxylic acids is 1. The number of piperidine rings is 1. The normalized spacial score (nSPS) is 27.4. The second-order valence-electron chi connectivity index (χ2n) is 7.88. The van der Waals surface area contributed by atoms with Crippen LogP contribution in [0.2, 0.25) is 0 Å². The van der Waals surface area contributed by atoms with Crippen molar-refractivity contribution in [1.29, 1.82) is 0 Å². The van der Waals surface area contributed by atoms with Crippen molar-refractivity contribution in [3.8, 4) is 0 Å². The SMILES string of the molecule is Cc1cc(C(=O)N2C[C@H]3CC[C@@H]2CN(C)C3)ccc1N1CCOCC1. The largest absolute Gasteiger partial charge is 0.378 e. The van der Waals surface area contributed by atoms with E-state index in [-0.39, 0.29) is 5.91 Å². The number of rotatable bonds is 2. The van der Waals surface area contributed by atoms with Crippen LogP contribution in [0.15, 0.2) is 18.2 Å². The number of hydrogen-bond acceptors (Lipinski definition) is 4. The summed E-state index contributed by atoms with van der Waals surface area (Å²) in [6.07, 6.45) is 2.40. The van der Waals surface area contributed by atoms with Crippen LogP contribution in [0.5, 0.6) is 0 Å². The first kappa shape index (κ1) is 16.9. The summed E-state index contributed by atoms with van der Waals surface area (Å²) in [5.41, 5.74) is 3.26. The molecular formula is C20H29N3O2. The molecule has 4 heterocycles. The van der Waals surface area contributed by atoms with E-state index >= 15 is 0 Å². The molecule has 0 unspecified atom stereocenters. The van der Waals surface area contributed by atoms with E-state index < -0.39 is 0 Å². The predicted molar refractivity (Wildman–Crippen MR) is 99.3 cm³/mol. The Morgan fingerprint density at radius 2 is 1.92 bits per heavy atom. The Bertz CT molecular complexity index is 642. The highest BCUT2D eigenvalue weighted by Crippen LogP contribution is 2.30. The van der Waals surface area contributed by atoms with Gasteiger partial charge in [-0.1, -0.05) is 0 Å². The van der Waals surface area contributed by atoms with Gasteiger partial charge in [0.25, 0.3) is 5.91 Å². The van der Waals surface area contributed by atoms with E-state index in [9.17, 15) is 4.79 Å². The van der Waals surface area contributed by atoms with E-state index in [1.165, 1.54) is 17.7 Å². The third-order valence-corrected chi connectivity index (χ3v) is 5.95. The number of likely N-dealkylation sites (N-methyl/N-ethyl adjacent to an activating group) is 1. The van der Waals surface area contributed by atoms with Crippen molar-refractivity contribution < 1.29 is 9.53 Å². The van der Waals surface area contributed by atoms with E-state index in [4.69, 9.17) is 4.74 Å². The number of hydrogen-bond donors (Lipinski definition) is 0. The molecule has 5 heteroatoms. The van der Waals surface area contributed by atoms with Crippen LogP contribution in [0.3, 0.4) is 0 Å². The Kier molecular flexibility index (Phi) is 4.69. The van der Waals surface area contributed by atoms with Crippen molar-refractivity contribution in [3.05, 3.63) is 29.3 Å². The average Bonchev–Trinajstić information content (AvgIpc) is 2.90. The van der Waals surface area contributed by atoms with Gasteiger partial charge in [-0.05, 0) is 56.5 Å². The van der Waals surface area contributed by atoms with Crippen LogP contribution in [-0.2, 0) is 4.74 Å². The van der Waals surface area contributed by atoms with Gasteiger partial charge in [0.05, 0.1) is 13.2 Å². The molecule has 4 saturated heterocycles. The highest BCUT2D eigenvalue weighted by atomic mass is 16.5. The van der Waals surface area contributed by atoms with Crippen molar-refractivity contribution in [2.45, 2.75) is 25.8 Å². The molecule has 0 radical (unpaired) electrons. The average molecular weight is 343 g/mol.